The monoisotopic (exact) mass is 421 g/mol. The van der Waals surface area contributed by atoms with Gasteiger partial charge in [-0.15, -0.1) is 0 Å². The van der Waals surface area contributed by atoms with Gasteiger partial charge in [-0.25, -0.2) is 0 Å². The summed E-state index contributed by atoms with van der Waals surface area (Å²) < 4.78 is 12.2. The Hall–Kier alpha value is -2.82. The molecule has 0 saturated carbocycles. The number of carbonyl (C=O) groups is 2. The predicted octanol–water partition coefficient (Wildman–Crippen LogP) is 4.98. The van der Waals surface area contributed by atoms with Gasteiger partial charge >= 0.3 is 0 Å². The first kappa shape index (κ1) is 21.4. The van der Waals surface area contributed by atoms with Crippen LogP contribution in [0.4, 0.5) is 0 Å². The zero-order valence-corrected chi connectivity index (χ0v) is 18.9. The Morgan fingerprint density at radius 1 is 1.13 bits per heavy atom. The number of ketones is 1. The van der Waals surface area contributed by atoms with Crippen molar-refractivity contribution >= 4 is 11.7 Å². The predicted molar refractivity (Wildman–Crippen MR) is 120 cm³/mol. The van der Waals surface area contributed by atoms with E-state index in [-0.39, 0.29) is 11.7 Å². The number of ether oxygens (including phenoxy) is 2. The van der Waals surface area contributed by atoms with Crippen molar-refractivity contribution in [2.45, 2.75) is 52.6 Å². The minimum atomic E-state index is -0.509. The van der Waals surface area contributed by atoms with Gasteiger partial charge in [0.15, 0.2) is 5.78 Å². The van der Waals surface area contributed by atoms with Crippen LogP contribution in [0.5, 0.6) is 11.5 Å². The topological polar surface area (TPSA) is 55.8 Å². The van der Waals surface area contributed by atoms with Crippen LogP contribution in [0, 0.1) is 19.8 Å². The largest absolute Gasteiger partial charge is 0.493 e. The molecule has 2 aromatic carbocycles. The molecule has 0 bridgehead atoms. The van der Waals surface area contributed by atoms with Crippen LogP contribution in [-0.2, 0) is 0 Å². The lowest BCUT2D eigenvalue weighted by molar-refractivity contribution is -0.00576. The van der Waals surface area contributed by atoms with E-state index < -0.39 is 5.60 Å². The number of aryl methyl sites for hydroxylation is 2. The highest BCUT2D eigenvalue weighted by Gasteiger charge is 2.43. The summed E-state index contributed by atoms with van der Waals surface area (Å²) in [5.41, 5.74) is 3.03. The lowest BCUT2D eigenvalue weighted by Crippen LogP contribution is -2.52. The summed E-state index contributed by atoms with van der Waals surface area (Å²) in [7, 11) is 0. The summed E-state index contributed by atoms with van der Waals surface area (Å²) in [6.07, 6.45) is 1.68. The highest BCUT2D eigenvalue weighted by Crippen LogP contribution is 2.40. The summed E-state index contributed by atoms with van der Waals surface area (Å²) in [6.45, 7) is 10.0. The van der Waals surface area contributed by atoms with Gasteiger partial charge < -0.3 is 14.4 Å². The summed E-state index contributed by atoms with van der Waals surface area (Å²) in [5, 5.41) is 0. The van der Waals surface area contributed by atoms with E-state index in [1.807, 2.05) is 55.1 Å². The Labute approximate surface area is 184 Å². The maximum absolute atomic E-state index is 13.1. The quantitative estimate of drug-likeness (QED) is 0.699. The van der Waals surface area contributed by atoms with E-state index in [0.717, 1.165) is 16.9 Å². The number of carbonyl (C=O) groups excluding carboxylic acids is 2. The molecule has 0 aliphatic carbocycles. The standard InChI is InChI=1S/C26H31NO4/c1-17(2)16-30-21-7-5-6-20(14-21)25(29)27-10-8-26(9-11-27)15-23(28)22-12-18(3)19(4)13-24(22)31-26/h5-7,12-14,17H,8-11,15-16H2,1-4H3. The fourth-order valence-electron chi connectivity index (χ4n) is 4.31. The van der Waals surface area contributed by atoms with Crippen molar-refractivity contribution in [3.8, 4) is 11.5 Å². The highest BCUT2D eigenvalue weighted by molar-refractivity contribution is 6.00. The minimum absolute atomic E-state index is 0.00106. The molecule has 0 atom stereocenters. The maximum atomic E-state index is 13.1. The van der Waals surface area contributed by atoms with Gasteiger partial charge in [0.1, 0.15) is 17.1 Å². The SMILES string of the molecule is Cc1cc2c(cc1C)C(=O)CC1(CCN(C(=O)c3cccc(OCC(C)C)c3)CC1)O2. The van der Waals surface area contributed by atoms with Gasteiger partial charge in [0.2, 0.25) is 0 Å². The van der Waals surface area contributed by atoms with E-state index >= 15 is 0 Å². The molecule has 5 nitrogen and oxygen atoms in total. The van der Waals surface area contributed by atoms with Crippen LogP contribution in [0.15, 0.2) is 36.4 Å². The number of hydrogen-bond acceptors (Lipinski definition) is 4. The first-order chi connectivity index (χ1) is 14.8. The molecule has 0 unspecified atom stereocenters. The molecule has 31 heavy (non-hydrogen) atoms. The fourth-order valence-corrected chi connectivity index (χ4v) is 4.31. The zero-order chi connectivity index (χ0) is 22.2. The Kier molecular flexibility index (Phi) is 5.78. The summed E-state index contributed by atoms with van der Waals surface area (Å²) >= 11 is 0. The first-order valence-electron chi connectivity index (χ1n) is 11.1. The Morgan fingerprint density at radius 2 is 1.84 bits per heavy atom. The lowest BCUT2D eigenvalue weighted by Gasteiger charge is -2.44. The Balaban J connectivity index is 1.44. The zero-order valence-electron chi connectivity index (χ0n) is 18.9. The van der Waals surface area contributed by atoms with E-state index in [0.29, 0.717) is 61.8 Å². The molecule has 0 radical (unpaired) electrons. The fraction of sp³-hybridized carbons (Fsp3) is 0.462. The summed E-state index contributed by atoms with van der Waals surface area (Å²) in [5.74, 6) is 1.97. The molecular weight excluding hydrogens is 390 g/mol. The number of rotatable bonds is 4. The van der Waals surface area contributed by atoms with Crippen LogP contribution < -0.4 is 9.47 Å². The van der Waals surface area contributed by atoms with Crippen LogP contribution in [0.2, 0.25) is 0 Å². The molecule has 0 aromatic heterocycles. The number of likely N-dealkylation sites (tertiary alicyclic amines) is 1. The molecule has 2 aliphatic heterocycles. The molecule has 2 aromatic rings. The number of benzene rings is 2. The average Bonchev–Trinajstić information content (AvgIpc) is 2.74. The third-order valence-electron chi connectivity index (χ3n) is 6.33. The van der Waals surface area contributed by atoms with E-state index in [1.54, 1.807) is 0 Å². The molecule has 2 heterocycles. The molecule has 2 aliphatic rings. The number of Topliss-reactive ketones (excluding diaryl/α,β-unsaturated/α-hetero) is 1. The molecule has 1 spiro atoms. The van der Waals surface area contributed by atoms with Crippen LogP contribution in [-0.4, -0.2) is 41.9 Å². The third kappa shape index (κ3) is 4.46. The van der Waals surface area contributed by atoms with Crippen LogP contribution >= 0.6 is 0 Å². The van der Waals surface area contributed by atoms with Gasteiger partial charge in [-0.1, -0.05) is 19.9 Å². The average molecular weight is 422 g/mol. The van der Waals surface area contributed by atoms with E-state index in [4.69, 9.17) is 9.47 Å². The highest BCUT2D eigenvalue weighted by atomic mass is 16.5. The number of amides is 1. The molecule has 0 N–H and O–H groups in total. The smallest absolute Gasteiger partial charge is 0.253 e. The second kappa shape index (κ2) is 8.37. The van der Waals surface area contributed by atoms with Gasteiger partial charge in [-0.05, 0) is 61.2 Å². The van der Waals surface area contributed by atoms with E-state index in [1.165, 1.54) is 0 Å². The lowest BCUT2D eigenvalue weighted by atomic mass is 9.81. The van der Waals surface area contributed by atoms with Crippen molar-refractivity contribution in [1.82, 2.24) is 4.90 Å². The molecular formula is C26H31NO4. The minimum Gasteiger partial charge on any atom is -0.493 e. The second-order valence-corrected chi connectivity index (χ2v) is 9.34. The van der Waals surface area contributed by atoms with E-state index in [2.05, 4.69) is 13.8 Å². The van der Waals surface area contributed by atoms with Gasteiger partial charge in [-0.2, -0.15) is 0 Å². The molecule has 164 valence electrons. The summed E-state index contributed by atoms with van der Waals surface area (Å²) in [6, 6.07) is 11.3. The first-order valence-corrected chi connectivity index (χ1v) is 11.1. The van der Waals surface area contributed by atoms with Gasteiger partial charge in [-0.3, -0.25) is 9.59 Å². The number of piperidine rings is 1. The third-order valence-corrected chi connectivity index (χ3v) is 6.33. The van der Waals surface area contributed by atoms with Crippen molar-refractivity contribution < 1.29 is 19.1 Å². The van der Waals surface area contributed by atoms with Crippen LogP contribution in [0.25, 0.3) is 0 Å². The number of hydrogen-bond donors (Lipinski definition) is 0. The Morgan fingerprint density at radius 3 is 2.55 bits per heavy atom. The van der Waals surface area contributed by atoms with Crippen molar-refractivity contribution in [3.63, 3.8) is 0 Å². The molecule has 1 saturated heterocycles. The normalized spacial score (nSPS) is 17.5. The van der Waals surface area contributed by atoms with Crippen molar-refractivity contribution in [1.29, 1.82) is 0 Å². The maximum Gasteiger partial charge on any atom is 0.253 e. The van der Waals surface area contributed by atoms with Gasteiger partial charge in [0, 0.05) is 31.5 Å². The van der Waals surface area contributed by atoms with Gasteiger partial charge in [0.05, 0.1) is 18.6 Å². The Bertz CT molecular complexity index is 1000. The molecule has 1 fully saturated rings. The van der Waals surface area contributed by atoms with E-state index in [9.17, 15) is 9.59 Å². The molecule has 1 amide bonds. The second-order valence-electron chi connectivity index (χ2n) is 9.34. The molecule has 4 rings (SSSR count). The number of nitrogens with zero attached hydrogens (tertiary/aromatic N) is 1. The summed E-state index contributed by atoms with van der Waals surface area (Å²) in [4.78, 5) is 27.8. The van der Waals surface area contributed by atoms with Crippen molar-refractivity contribution in [2.75, 3.05) is 19.7 Å². The van der Waals surface area contributed by atoms with Gasteiger partial charge in [0.25, 0.3) is 5.91 Å². The van der Waals surface area contributed by atoms with Crippen molar-refractivity contribution in [2.24, 2.45) is 5.92 Å². The van der Waals surface area contributed by atoms with Crippen LogP contribution in [0.1, 0.15) is 65.0 Å². The van der Waals surface area contributed by atoms with Crippen molar-refractivity contribution in [3.05, 3.63) is 58.7 Å². The molecule has 5 heteroatoms. The van der Waals surface area contributed by atoms with Crippen LogP contribution in [0.3, 0.4) is 0 Å². The number of fused-ring (bicyclic) bond motifs is 1.